The lowest BCUT2D eigenvalue weighted by molar-refractivity contribution is 0.669. The summed E-state index contributed by atoms with van der Waals surface area (Å²) in [5.41, 5.74) is 15.1. The number of allylic oxidation sites excluding steroid dienone is 3. The van der Waals surface area contributed by atoms with Crippen LogP contribution in [0.3, 0.4) is 0 Å². The first-order valence-electron chi connectivity index (χ1n) is 15.4. The monoisotopic (exact) mass is 550 g/mol. The number of fused-ring (bicyclic) bond motifs is 7. The Morgan fingerprint density at radius 3 is 2.23 bits per heavy atom. The van der Waals surface area contributed by atoms with E-state index in [4.69, 9.17) is 4.42 Å². The molecule has 3 aliphatic carbocycles. The highest BCUT2D eigenvalue weighted by molar-refractivity contribution is 6.12. The summed E-state index contributed by atoms with van der Waals surface area (Å²) < 4.78 is 6.57. The maximum atomic E-state index is 6.57. The molecule has 0 saturated carbocycles. The van der Waals surface area contributed by atoms with Gasteiger partial charge in [-0.15, -0.1) is 0 Å². The van der Waals surface area contributed by atoms with Crippen molar-refractivity contribution >= 4 is 51.3 Å². The average Bonchev–Trinajstić information content (AvgIpc) is 3.17. The molecule has 0 saturated heterocycles. The fraction of sp³-hybridized carbons (Fsp3) is 0.0952. The molecule has 0 N–H and O–H groups in total. The second-order valence-corrected chi connectivity index (χ2v) is 11.8. The Balaban J connectivity index is 1.43. The van der Waals surface area contributed by atoms with Crippen LogP contribution in [0.2, 0.25) is 0 Å². The minimum atomic E-state index is 0.892. The fourth-order valence-corrected chi connectivity index (χ4v) is 7.47. The Bertz CT molecular complexity index is 2340. The molecular formula is C42H30O. The van der Waals surface area contributed by atoms with Crippen molar-refractivity contribution < 1.29 is 4.42 Å². The van der Waals surface area contributed by atoms with E-state index in [9.17, 15) is 0 Å². The standard InChI is InChI=1S/C42H30O/c1-2-13-28-24-38-40(26-29(28)14-3-1)43-39-23-11-22-36(42(38)39)41-32-18-7-5-15-30(32)25-37(34-19-8-9-20-35(34)41)33-21-10-16-27-12-4-6-17-31(27)33/h2-5,7-16,18-24,26H,1,6,17,25H2. The summed E-state index contributed by atoms with van der Waals surface area (Å²) in [7, 11) is 0. The molecule has 0 amide bonds. The van der Waals surface area contributed by atoms with Crippen LogP contribution in [0, 0.1) is 0 Å². The average molecular weight is 551 g/mol. The third-order valence-corrected chi connectivity index (χ3v) is 9.41. The Labute approximate surface area is 251 Å². The van der Waals surface area contributed by atoms with E-state index in [-0.39, 0.29) is 0 Å². The molecule has 3 aliphatic rings. The zero-order valence-corrected chi connectivity index (χ0v) is 23.9. The summed E-state index contributed by atoms with van der Waals surface area (Å²) >= 11 is 0. The number of hydrogen-bond acceptors (Lipinski definition) is 1. The van der Waals surface area contributed by atoms with E-state index in [1.807, 2.05) is 0 Å². The van der Waals surface area contributed by atoms with Crippen LogP contribution in [0.1, 0.15) is 57.3 Å². The van der Waals surface area contributed by atoms with Crippen LogP contribution in [-0.2, 0) is 12.8 Å². The predicted octanol–water partition coefficient (Wildman–Crippen LogP) is 8.98. The SMILES string of the molecule is C1=Cc2cc3oc4cccc(C5=c6ccccc6=C(c6cccc7c6CCC=C7)Cc6ccccc65)c4c3cc2C=CC1. The molecule has 0 unspecified atom stereocenters. The maximum absolute atomic E-state index is 6.57. The second kappa shape index (κ2) is 9.71. The first-order valence-corrected chi connectivity index (χ1v) is 15.4. The molecule has 6 aromatic rings. The van der Waals surface area contributed by atoms with Crippen LogP contribution in [-0.4, -0.2) is 0 Å². The van der Waals surface area contributed by atoms with Crippen molar-refractivity contribution in [3.05, 3.63) is 170 Å². The molecule has 204 valence electrons. The largest absolute Gasteiger partial charge is 0.456 e. The van der Waals surface area contributed by atoms with Gasteiger partial charge in [-0.3, -0.25) is 0 Å². The van der Waals surface area contributed by atoms with E-state index in [1.54, 1.807) is 0 Å². The smallest absolute Gasteiger partial charge is 0.136 e. The summed E-state index contributed by atoms with van der Waals surface area (Å²) in [5.74, 6) is 0. The van der Waals surface area contributed by atoms with Crippen molar-refractivity contribution in [2.75, 3.05) is 0 Å². The first kappa shape index (κ1) is 24.5. The predicted molar refractivity (Wildman–Crippen MR) is 180 cm³/mol. The van der Waals surface area contributed by atoms with E-state index in [0.717, 1.165) is 36.8 Å². The van der Waals surface area contributed by atoms with E-state index in [1.165, 1.54) is 76.9 Å². The van der Waals surface area contributed by atoms with Gasteiger partial charge in [0.1, 0.15) is 11.2 Å². The van der Waals surface area contributed by atoms with E-state index in [2.05, 4.69) is 134 Å². The lowest BCUT2D eigenvalue weighted by Crippen LogP contribution is -2.29. The molecule has 9 rings (SSSR count). The van der Waals surface area contributed by atoms with E-state index < -0.39 is 0 Å². The molecule has 1 heteroatoms. The van der Waals surface area contributed by atoms with Gasteiger partial charge in [-0.05, 0) is 110 Å². The fourth-order valence-electron chi connectivity index (χ4n) is 7.47. The van der Waals surface area contributed by atoms with E-state index in [0.29, 0.717) is 0 Å². The number of hydrogen-bond donors (Lipinski definition) is 0. The molecule has 1 aromatic heterocycles. The minimum Gasteiger partial charge on any atom is -0.456 e. The second-order valence-electron chi connectivity index (χ2n) is 11.8. The van der Waals surface area contributed by atoms with Gasteiger partial charge >= 0.3 is 0 Å². The highest BCUT2D eigenvalue weighted by Gasteiger charge is 2.23. The molecule has 0 spiro atoms. The van der Waals surface area contributed by atoms with Crippen molar-refractivity contribution in [3.8, 4) is 0 Å². The minimum absolute atomic E-state index is 0.892. The van der Waals surface area contributed by atoms with Crippen molar-refractivity contribution in [2.24, 2.45) is 0 Å². The molecule has 0 radical (unpaired) electrons. The lowest BCUT2D eigenvalue weighted by Gasteiger charge is -2.18. The number of rotatable bonds is 2. The molecule has 0 atom stereocenters. The number of benzene rings is 5. The molecule has 0 bridgehead atoms. The highest BCUT2D eigenvalue weighted by atomic mass is 16.3. The summed E-state index contributed by atoms with van der Waals surface area (Å²) in [6.07, 6.45) is 17.5. The summed E-state index contributed by atoms with van der Waals surface area (Å²) in [4.78, 5) is 0. The third kappa shape index (κ3) is 3.85. The molecule has 0 fully saturated rings. The first-order chi connectivity index (χ1) is 21.3. The lowest BCUT2D eigenvalue weighted by atomic mass is 9.86. The molecule has 43 heavy (non-hydrogen) atoms. The van der Waals surface area contributed by atoms with Gasteiger partial charge in [-0.2, -0.15) is 0 Å². The van der Waals surface area contributed by atoms with Crippen molar-refractivity contribution in [1.29, 1.82) is 0 Å². The molecule has 0 aliphatic heterocycles. The van der Waals surface area contributed by atoms with Crippen molar-refractivity contribution in [3.63, 3.8) is 0 Å². The van der Waals surface area contributed by atoms with Gasteiger partial charge in [0.05, 0.1) is 0 Å². The Morgan fingerprint density at radius 2 is 1.30 bits per heavy atom. The molecule has 1 nitrogen and oxygen atoms in total. The van der Waals surface area contributed by atoms with E-state index >= 15 is 0 Å². The van der Waals surface area contributed by atoms with Gasteiger partial charge in [0, 0.05) is 10.8 Å². The summed E-state index contributed by atoms with van der Waals surface area (Å²) in [6, 6.07) is 36.0. The van der Waals surface area contributed by atoms with Crippen LogP contribution >= 0.6 is 0 Å². The van der Waals surface area contributed by atoms with Gasteiger partial charge in [-0.1, -0.05) is 115 Å². The van der Waals surface area contributed by atoms with Crippen molar-refractivity contribution in [1.82, 2.24) is 0 Å². The van der Waals surface area contributed by atoms with Crippen LogP contribution in [0.25, 0.3) is 51.3 Å². The maximum Gasteiger partial charge on any atom is 0.136 e. The van der Waals surface area contributed by atoms with Crippen LogP contribution < -0.4 is 10.4 Å². The van der Waals surface area contributed by atoms with Crippen LogP contribution in [0.15, 0.2) is 120 Å². The van der Waals surface area contributed by atoms with Gasteiger partial charge in [0.2, 0.25) is 0 Å². The molecular weight excluding hydrogens is 520 g/mol. The Hall–Kier alpha value is -5.14. The van der Waals surface area contributed by atoms with Gasteiger partial charge in [0.25, 0.3) is 0 Å². The number of furan rings is 1. The molecule has 5 aromatic carbocycles. The normalized spacial score (nSPS) is 15.2. The van der Waals surface area contributed by atoms with Gasteiger partial charge in [-0.25, -0.2) is 0 Å². The van der Waals surface area contributed by atoms with Crippen molar-refractivity contribution in [2.45, 2.75) is 25.7 Å². The van der Waals surface area contributed by atoms with Gasteiger partial charge in [0.15, 0.2) is 0 Å². The summed E-state index contributed by atoms with van der Waals surface area (Å²) in [5, 5.41) is 4.96. The zero-order chi connectivity index (χ0) is 28.3. The third-order valence-electron chi connectivity index (χ3n) is 9.41. The Morgan fingerprint density at radius 1 is 0.558 bits per heavy atom. The molecule has 1 heterocycles. The Kier molecular flexibility index (Phi) is 5.52. The highest BCUT2D eigenvalue weighted by Crippen LogP contribution is 2.40. The quantitative estimate of drug-likeness (QED) is 0.210. The zero-order valence-electron chi connectivity index (χ0n) is 23.9. The van der Waals surface area contributed by atoms with Gasteiger partial charge < -0.3 is 4.42 Å². The van der Waals surface area contributed by atoms with Crippen LogP contribution in [0.4, 0.5) is 0 Å². The topological polar surface area (TPSA) is 13.1 Å². The van der Waals surface area contributed by atoms with Crippen LogP contribution in [0.5, 0.6) is 0 Å². The summed E-state index contributed by atoms with van der Waals surface area (Å²) in [6.45, 7) is 0.